The second kappa shape index (κ2) is 29.4. The SMILES string of the molecule is CC(=O)C(C)CC(=O)C(CC(=O)OC(C)(C)C)Cc1ccc(OCc2cc(OCc3ccc(OCc4ccc(C)cc4)c(OCc4ccc(C)cc4)c3)cc(OCc3ccc(OCc4ccc(C)cc4)c(OCc4ccc(C)cc4)c3)c2)cc1. The molecular weight excluding hydrogens is 1050 g/mol. The van der Waals surface area contributed by atoms with E-state index in [0.717, 1.165) is 44.5 Å². The number of carbonyl (C=O) groups excluding carboxylic acids is 3. The fourth-order valence-electron chi connectivity index (χ4n) is 9.01. The van der Waals surface area contributed by atoms with Crippen molar-refractivity contribution in [2.75, 3.05) is 0 Å². The van der Waals surface area contributed by atoms with Crippen molar-refractivity contribution in [3.05, 3.63) is 243 Å². The van der Waals surface area contributed by atoms with Crippen molar-refractivity contribution in [2.45, 2.75) is 133 Å². The van der Waals surface area contributed by atoms with E-state index in [1.54, 1.807) is 27.7 Å². The molecule has 11 nitrogen and oxygen atoms in total. The monoisotopic (exact) mass is 1130 g/mol. The Bertz CT molecular complexity index is 3260. The van der Waals surface area contributed by atoms with Crippen LogP contribution in [-0.4, -0.2) is 23.1 Å². The van der Waals surface area contributed by atoms with Crippen LogP contribution in [0.1, 0.15) is 114 Å². The Morgan fingerprint density at radius 3 is 1.11 bits per heavy atom. The quantitative estimate of drug-likeness (QED) is 0.0416. The largest absolute Gasteiger partial charge is 0.489 e. The Labute approximate surface area is 495 Å². The number of rotatable bonds is 29. The van der Waals surface area contributed by atoms with Gasteiger partial charge in [0, 0.05) is 24.3 Å². The van der Waals surface area contributed by atoms with Crippen molar-refractivity contribution >= 4 is 17.5 Å². The van der Waals surface area contributed by atoms with Gasteiger partial charge in [-0.3, -0.25) is 14.4 Å². The molecule has 2 unspecified atom stereocenters. The van der Waals surface area contributed by atoms with Gasteiger partial charge >= 0.3 is 5.97 Å². The van der Waals surface area contributed by atoms with Gasteiger partial charge in [0.25, 0.3) is 0 Å². The first kappa shape index (κ1) is 61.2. The van der Waals surface area contributed by atoms with Crippen molar-refractivity contribution in [1.29, 1.82) is 0 Å². The second-order valence-corrected chi connectivity index (χ2v) is 22.9. The van der Waals surface area contributed by atoms with Gasteiger partial charge in [0.1, 0.15) is 80.7 Å². The Hall–Kier alpha value is -8.83. The van der Waals surface area contributed by atoms with Crippen LogP contribution in [0.3, 0.4) is 0 Å². The number of hydrogen-bond donors (Lipinski definition) is 0. The molecule has 0 fully saturated rings. The van der Waals surface area contributed by atoms with Gasteiger partial charge in [0.15, 0.2) is 23.0 Å². The summed E-state index contributed by atoms with van der Waals surface area (Å²) >= 11 is 0. The highest BCUT2D eigenvalue weighted by atomic mass is 16.6. The molecule has 0 saturated heterocycles. The van der Waals surface area contributed by atoms with Crippen LogP contribution in [0.25, 0.3) is 0 Å². The molecule has 0 heterocycles. The molecule has 0 amide bonds. The van der Waals surface area contributed by atoms with Crippen molar-refractivity contribution in [3.63, 3.8) is 0 Å². The molecule has 11 heteroatoms. The zero-order valence-electron chi connectivity index (χ0n) is 50.0. The number of esters is 1. The number of aryl methyl sites for hydroxylation is 4. The van der Waals surface area contributed by atoms with E-state index in [2.05, 4.69) is 125 Å². The molecule has 0 aliphatic carbocycles. The van der Waals surface area contributed by atoms with Gasteiger partial charge in [-0.2, -0.15) is 0 Å². The fraction of sp³-hybridized carbons (Fsp3) is 0.301. The summed E-state index contributed by atoms with van der Waals surface area (Å²) in [6.45, 7) is 18.9. The number of benzene rings is 8. The topological polar surface area (TPSA) is 125 Å². The number of carbonyl (C=O) groups is 3. The highest BCUT2D eigenvalue weighted by molar-refractivity contribution is 5.90. The second-order valence-electron chi connectivity index (χ2n) is 22.9. The lowest BCUT2D eigenvalue weighted by atomic mass is 9.87. The first-order valence-electron chi connectivity index (χ1n) is 28.7. The van der Waals surface area contributed by atoms with Crippen molar-refractivity contribution < 1.29 is 52.3 Å². The van der Waals surface area contributed by atoms with Crippen LogP contribution in [0.5, 0.6) is 40.2 Å². The first-order valence-corrected chi connectivity index (χ1v) is 28.7. The first-order chi connectivity index (χ1) is 40.3. The van der Waals surface area contributed by atoms with E-state index in [1.165, 1.54) is 29.2 Å². The van der Waals surface area contributed by atoms with E-state index in [4.69, 9.17) is 37.9 Å². The van der Waals surface area contributed by atoms with Crippen LogP contribution in [0, 0.1) is 39.5 Å². The van der Waals surface area contributed by atoms with Gasteiger partial charge in [0.05, 0.1) is 6.42 Å². The third-order valence-electron chi connectivity index (χ3n) is 14.1. The number of Topliss-reactive ketones (excluding diaryl/α,β-unsaturated/α-hetero) is 2. The van der Waals surface area contributed by atoms with E-state index in [0.29, 0.717) is 73.1 Å². The molecule has 0 N–H and O–H groups in total. The molecule has 0 aliphatic rings. The van der Waals surface area contributed by atoms with E-state index < -0.39 is 23.4 Å². The van der Waals surface area contributed by atoms with E-state index in [1.807, 2.05) is 78.9 Å². The van der Waals surface area contributed by atoms with Gasteiger partial charge in [-0.15, -0.1) is 0 Å². The molecule has 8 aromatic rings. The molecular formula is C73H78O11. The molecule has 2 atom stereocenters. The lowest BCUT2D eigenvalue weighted by Crippen LogP contribution is -2.29. The van der Waals surface area contributed by atoms with E-state index in [9.17, 15) is 14.4 Å². The average molecular weight is 1130 g/mol. The lowest BCUT2D eigenvalue weighted by Gasteiger charge is -2.22. The molecule has 0 bridgehead atoms. The van der Waals surface area contributed by atoms with Crippen LogP contribution in [0.2, 0.25) is 0 Å². The molecule has 0 aromatic heterocycles. The molecule has 8 aromatic carbocycles. The number of hydrogen-bond acceptors (Lipinski definition) is 11. The summed E-state index contributed by atoms with van der Waals surface area (Å²) in [6.07, 6.45) is 0.269. The van der Waals surface area contributed by atoms with Crippen LogP contribution in [0.4, 0.5) is 0 Å². The maximum absolute atomic E-state index is 13.6. The summed E-state index contributed by atoms with van der Waals surface area (Å²) in [7, 11) is 0. The van der Waals surface area contributed by atoms with E-state index >= 15 is 0 Å². The normalized spacial score (nSPS) is 11.9. The molecule has 0 spiro atoms. The summed E-state index contributed by atoms with van der Waals surface area (Å²) < 4.78 is 50.8. The number of ketones is 2. The minimum atomic E-state index is -0.701. The van der Waals surface area contributed by atoms with Crippen molar-refractivity contribution in [3.8, 4) is 40.2 Å². The molecule has 8 rings (SSSR count). The summed E-state index contributed by atoms with van der Waals surface area (Å²) in [5, 5.41) is 0. The van der Waals surface area contributed by atoms with Gasteiger partial charge in [-0.05, 0) is 155 Å². The maximum Gasteiger partial charge on any atom is 0.307 e. The third-order valence-corrected chi connectivity index (χ3v) is 14.1. The van der Waals surface area contributed by atoms with Crippen LogP contribution in [0.15, 0.2) is 176 Å². The van der Waals surface area contributed by atoms with Crippen molar-refractivity contribution in [2.24, 2.45) is 11.8 Å². The lowest BCUT2D eigenvalue weighted by molar-refractivity contribution is -0.157. The molecule has 84 heavy (non-hydrogen) atoms. The van der Waals surface area contributed by atoms with Gasteiger partial charge in [-0.1, -0.05) is 151 Å². The van der Waals surface area contributed by atoms with Gasteiger partial charge < -0.3 is 37.9 Å². The Balaban J connectivity index is 1.02. The summed E-state index contributed by atoms with van der Waals surface area (Å²) in [4.78, 5) is 38.6. The number of ether oxygens (including phenoxy) is 8. The fourth-order valence-corrected chi connectivity index (χ4v) is 9.01. The maximum atomic E-state index is 13.6. The predicted molar refractivity (Wildman–Crippen MR) is 328 cm³/mol. The highest BCUT2D eigenvalue weighted by Gasteiger charge is 2.28. The van der Waals surface area contributed by atoms with Crippen LogP contribution < -0.4 is 33.2 Å². The summed E-state index contributed by atoms with van der Waals surface area (Å²) in [6, 6.07) is 58.0. The van der Waals surface area contributed by atoms with Gasteiger partial charge in [0.2, 0.25) is 0 Å². The summed E-state index contributed by atoms with van der Waals surface area (Å²) in [5.74, 6) is 2.37. The summed E-state index contributed by atoms with van der Waals surface area (Å²) in [5.41, 5.74) is 11.6. The Morgan fingerprint density at radius 2 is 0.714 bits per heavy atom. The molecule has 0 saturated carbocycles. The highest BCUT2D eigenvalue weighted by Crippen LogP contribution is 2.34. The standard InChI is InChI=1S/C73H78O11/c1-49-10-18-56(19-11-49)42-80-68-32-28-60(38-70(68)82-44-58-22-14-51(3)15-23-58)46-78-65-36-62(48-77-64-30-26-55(27-31-64)35-63(40-72(76)84-73(7,8)9)67(75)34-53(5)54(6)74)37-66(41-65)79-47-61-29-33-69(81-43-57-20-12-50(2)13-21-57)71(39-61)83-45-59-24-16-52(4)17-25-59/h10-33,36-39,41,53,63H,34-35,40,42-48H2,1-9H3. The van der Waals surface area contributed by atoms with Crippen molar-refractivity contribution in [1.82, 2.24) is 0 Å². The average Bonchev–Trinajstić information content (AvgIpc) is 3.68. The molecule has 0 radical (unpaired) electrons. The van der Waals surface area contributed by atoms with E-state index in [-0.39, 0.29) is 44.2 Å². The van der Waals surface area contributed by atoms with Crippen LogP contribution >= 0.6 is 0 Å². The smallest absolute Gasteiger partial charge is 0.307 e. The zero-order chi connectivity index (χ0) is 59.6. The Morgan fingerprint density at radius 1 is 0.369 bits per heavy atom. The molecule has 0 aliphatic heterocycles. The third kappa shape index (κ3) is 19.7. The minimum Gasteiger partial charge on any atom is -0.489 e. The minimum absolute atomic E-state index is 0.0545. The van der Waals surface area contributed by atoms with Gasteiger partial charge in [-0.25, -0.2) is 0 Å². The van der Waals surface area contributed by atoms with Crippen LogP contribution in [-0.2, 0) is 71.8 Å². The zero-order valence-corrected chi connectivity index (χ0v) is 50.0. The Kier molecular flexibility index (Phi) is 21.5. The predicted octanol–water partition coefficient (Wildman–Crippen LogP) is 16.0. The molecule has 436 valence electrons.